The molecule has 122 valence electrons. The maximum atomic E-state index is 12.0. The monoisotopic (exact) mass is 323 g/mol. The van der Waals surface area contributed by atoms with Crippen LogP contribution in [0, 0.1) is 12.8 Å². The van der Waals surface area contributed by atoms with Crippen molar-refractivity contribution >= 4 is 23.2 Å². The second kappa shape index (κ2) is 7.77. The van der Waals surface area contributed by atoms with Crippen molar-refractivity contribution in [3.05, 3.63) is 21.4 Å². The molecule has 1 amide bonds. The SMILES string of the molecule is CCc1cc(C(=O)OCC(=O)N[C@@H]2CCCC[C@H]2C)sc1C. The minimum atomic E-state index is -0.403. The quantitative estimate of drug-likeness (QED) is 0.844. The number of hydrogen-bond donors (Lipinski definition) is 1. The van der Waals surface area contributed by atoms with Crippen molar-refractivity contribution in [2.45, 2.75) is 58.9 Å². The van der Waals surface area contributed by atoms with E-state index < -0.39 is 5.97 Å². The van der Waals surface area contributed by atoms with Gasteiger partial charge in [-0.1, -0.05) is 26.7 Å². The van der Waals surface area contributed by atoms with Crippen LogP contribution in [0.5, 0.6) is 0 Å². The smallest absolute Gasteiger partial charge is 0.348 e. The van der Waals surface area contributed by atoms with E-state index in [4.69, 9.17) is 4.74 Å². The number of carbonyl (C=O) groups is 2. The van der Waals surface area contributed by atoms with Gasteiger partial charge in [0.15, 0.2) is 6.61 Å². The summed E-state index contributed by atoms with van der Waals surface area (Å²) in [6.45, 7) is 6.03. The highest BCUT2D eigenvalue weighted by molar-refractivity contribution is 7.14. The molecule has 1 aromatic rings. The van der Waals surface area contributed by atoms with E-state index in [0.717, 1.165) is 36.1 Å². The molecule has 4 nitrogen and oxygen atoms in total. The van der Waals surface area contributed by atoms with Crippen LogP contribution in [0.25, 0.3) is 0 Å². The first-order chi connectivity index (χ1) is 10.5. The number of rotatable bonds is 5. The van der Waals surface area contributed by atoms with Crippen LogP contribution in [0.3, 0.4) is 0 Å². The molecule has 1 saturated carbocycles. The number of hydrogen-bond acceptors (Lipinski definition) is 4. The Kier molecular flexibility index (Phi) is 6.00. The van der Waals surface area contributed by atoms with Crippen LogP contribution in [0.15, 0.2) is 6.07 Å². The molecule has 0 bridgehead atoms. The van der Waals surface area contributed by atoms with Crippen molar-refractivity contribution in [2.75, 3.05) is 6.61 Å². The fourth-order valence-corrected chi connectivity index (χ4v) is 3.96. The van der Waals surface area contributed by atoms with Gasteiger partial charge in [0.25, 0.3) is 5.91 Å². The zero-order valence-corrected chi connectivity index (χ0v) is 14.4. The first kappa shape index (κ1) is 17.0. The molecular formula is C17H25NO3S. The Hall–Kier alpha value is -1.36. The summed E-state index contributed by atoms with van der Waals surface area (Å²) in [5, 5.41) is 2.99. The number of carbonyl (C=O) groups excluding carboxylic acids is 2. The largest absolute Gasteiger partial charge is 0.451 e. The third kappa shape index (κ3) is 4.32. The van der Waals surface area contributed by atoms with Crippen LogP contribution >= 0.6 is 11.3 Å². The highest BCUT2D eigenvalue weighted by atomic mass is 32.1. The maximum absolute atomic E-state index is 12.0. The molecule has 2 atom stereocenters. The molecule has 1 aromatic heterocycles. The van der Waals surface area contributed by atoms with E-state index in [1.807, 2.05) is 13.0 Å². The Labute approximate surface area is 136 Å². The Bertz CT molecular complexity index is 538. The molecular weight excluding hydrogens is 298 g/mol. The highest BCUT2D eigenvalue weighted by Crippen LogP contribution is 2.24. The standard InChI is InChI=1S/C17H25NO3S/c1-4-13-9-15(22-12(13)3)17(20)21-10-16(19)18-14-8-6-5-7-11(14)2/h9,11,14H,4-8,10H2,1-3H3,(H,18,19)/t11-,14-/m1/s1. The Morgan fingerprint density at radius 1 is 1.36 bits per heavy atom. The van der Waals surface area contributed by atoms with Crippen molar-refractivity contribution in [3.8, 4) is 0 Å². The van der Waals surface area contributed by atoms with E-state index in [9.17, 15) is 9.59 Å². The molecule has 22 heavy (non-hydrogen) atoms. The van der Waals surface area contributed by atoms with E-state index in [1.54, 1.807) is 0 Å². The van der Waals surface area contributed by atoms with Crippen LogP contribution in [0.4, 0.5) is 0 Å². The fourth-order valence-electron chi connectivity index (χ4n) is 2.95. The predicted octanol–water partition coefficient (Wildman–Crippen LogP) is 3.47. The van der Waals surface area contributed by atoms with Crippen molar-refractivity contribution in [1.82, 2.24) is 5.32 Å². The van der Waals surface area contributed by atoms with E-state index in [-0.39, 0.29) is 18.6 Å². The Balaban J connectivity index is 1.81. The van der Waals surface area contributed by atoms with Crippen LogP contribution < -0.4 is 5.32 Å². The molecule has 1 N–H and O–H groups in total. The van der Waals surface area contributed by atoms with Crippen LogP contribution in [-0.4, -0.2) is 24.5 Å². The number of nitrogens with one attached hydrogen (secondary N) is 1. The van der Waals surface area contributed by atoms with Gasteiger partial charge < -0.3 is 10.1 Å². The predicted molar refractivity (Wildman–Crippen MR) is 88.3 cm³/mol. The second-order valence-corrected chi connectivity index (χ2v) is 7.31. The number of amides is 1. The summed E-state index contributed by atoms with van der Waals surface area (Å²) < 4.78 is 5.14. The average molecular weight is 323 g/mol. The third-order valence-electron chi connectivity index (χ3n) is 4.39. The molecule has 0 saturated heterocycles. The highest BCUT2D eigenvalue weighted by Gasteiger charge is 2.23. The molecule has 1 heterocycles. The van der Waals surface area contributed by atoms with E-state index in [0.29, 0.717) is 10.8 Å². The summed E-state index contributed by atoms with van der Waals surface area (Å²) in [5.41, 5.74) is 1.16. The van der Waals surface area contributed by atoms with Gasteiger partial charge >= 0.3 is 5.97 Å². The summed E-state index contributed by atoms with van der Waals surface area (Å²) in [4.78, 5) is 25.6. The lowest BCUT2D eigenvalue weighted by molar-refractivity contribution is -0.125. The van der Waals surface area contributed by atoms with Gasteiger partial charge in [-0.25, -0.2) is 4.79 Å². The first-order valence-electron chi connectivity index (χ1n) is 8.07. The van der Waals surface area contributed by atoms with Crippen molar-refractivity contribution in [2.24, 2.45) is 5.92 Å². The first-order valence-corrected chi connectivity index (χ1v) is 8.88. The molecule has 5 heteroatoms. The zero-order valence-electron chi connectivity index (χ0n) is 13.6. The summed E-state index contributed by atoms with van der Waals surface area (Å²) in [7, 11) is 0. The summed E-state index contributed by atoms with van der Waals surface area (Å²) >= 11 is 1.43. The number of aryl methyl sites for hydroxylation is 2. The lowest BCUT2D eigenvalue weighted by atomic mass is 9.86. The summed E-state index contributed by atoms with van der Waals surface area (Å²) in [5.74, 6) is -0.101. The van der Waals surface area contributed by atoms with E-state index in [2.05, 4.69) is 19.2 Å². The third-order valence-corrected chi connectivity index (χ3v) is 5.47. The summed E-state index contributed by atoms with van der Waals surface area (Å²) in [6.07, 6.45) is 5.46. The average Bonchev–Trinajstić information content (AvgIpc) is 2.88. The van der Waals surface area contributed by atoms with Crippen molar-refractivity contribution in [1.29, 1.82) is 0 Å². The van der Waals surface area contributed by atoms with Crippen LogP contribution in [-0.2, 0) is 16.0 Å². The molecule has 2 rings (SSSR count). The second-order valence-electron chi connectivity index (χ2n) is 6.06. The normalized spacial score (nSPS) is 21.4. The Morgan fingerprint density at radius 2 is 2.09 bits per heavy atom. The minimum absolute atomic E-state index is 0.194. The molecule has 0 aromatic carbocycles. The van der Waals surface area contributed by atoms with Crippen molar-refractivity contribution in [3.63, 3.8) is 0 Å². The molecule has 0 aliphatic heterocycles. The van der Waals surface area contributed by atoms with Crippen LogP contribution in [0.2, 0.25) is 0 Å². The van der Waals surface area contributed by atoms with Gasteiger partial charge in [-0.05, 0) is 43.7 Å². The molecule has 0 spiro atoms. The number of esters is 1. The van der Waals surface area contributed by atoms with E-state index in [1.165, 1.54) is 17.8 Å². The Morgan fingerprint density at radius 3 is 2.73 bits per heavy atom. The molecule has 0 radical (unpaired) electrons. The molecule has 0 unspecified atom stereocenters. The van der Waals surface area contributed by atoms with E-state index >= 15 is 0 Å². The van der Waals surface area contributed by atoms with Gasteiger partial charge in [-0.3, -0.25) is 4.79 Å². The van der Waals surface area contributed by atoms with Gasteiger partial charge in [0.05, 0.1) is 0 Å². The summed E-state index contributed by atoms with van der Waals surface area (Å²) in [6, 6.07) is 2.08. The topological polar surface area (TPSA) is 55.4 Å². The lowest BCUT2D eigenvalue weighted by Crippen LogP contribution is -2.42. The molecule has 1 fully saturated rings. The van der Waals surface area contributed by atoms with Gasteiger partial charge in [0, 0.05) is 10.9 Å². The minimum Gasteiger partial charge on any atom is -0.451 e. The van der Waals surface area contributed by atoms with Gasteiger partial charge in [-0.2, -0.15) is 0 Å². The lowest BCUT2D eigenvalue weighted by Gasteiger charge is -2.29. The molecule has 1 aliphatic carbocycles. The maximum Gasteiger partial charge on any atom is 0.348 e. The fraction of sp³-hybridized carbons (Fsp3) is 0.647. The van der Waals surface area contributed by atoms with Gasteiger partial charge in [0.2, 0.25) is 0 Å². The zero-order chi connectivity index (χ0) is 16.1. The number of thiophene rings is 1. The van der Waals surface area contributed by atoms with Gasteiger partial charge in [0.1, 0.15) is 4.88 Å². The van der Waals surface area contributed by atoms with Crippen molar-refractivity contribution < 1.29 is 14.3 Å². The number of ether oxygens (including phenoxy) is 1. The molecule has 1 aliphatic rings. The van der Waals surface area contributed by atoms with Crippen LogP contribution in [0.1, 0.15) is 59.6 Å². The van der Waals surface area contributed by atoms with Gasteiger partial charge in [-0.15, -0.1) is 11.3 Å².